The molecule has 2 aliphatic heterocycles. The average molecular weight is 568 g/mol. The van der Waals surface area contributed by atoms with E-state index in [0.717, 1.165) is 11.1 Å². The van der Waals surface area contributed by atoms with Gasteiger partial charge >= 0.3 is 6.09 Å². The molecule has 2 saturated heterocycles. The Balaban J connectivity index is 1.54. The number of amides is 3. The van der Waals surface area contributed by atoms with E-state index in [1.165, 1.54) is 6.92 Å². The van der Waals surface area contributed by atoms with Gasteiger partial charge in [-0.05, 0) is 30.9 Å². The van der Waals surface area contributed by atoms with Crippen LogP contribution in [0.3, 0.4) is 0 Å². The molecule has 0 aliphatic carbocycles. The molecule has 2 aliphatic rings. The standard InChI is InChI=1S/C34H37N3O5/c1-3-42-34(41)36-21-19-27(20-22-36)35-33(40)31-28(24-13-7-4-8-14-24)29(32(39)26-17-11-6-12-18-26)30(37(31)23(2)38)25-15-9-5-10-16-25/h4-18,27-31H,3,19-22H2,1-2H3,(H,35,40). The zero-order valence-electron chi connectivity index (χ0n) is 24.0. The van der Waals surface area contributed by atoms with Gasteiger partial charge in [0.05, 0.1) is 18.6 Å². The number of benzene rings is 3. The molecule has 8 heteroatoms. The zero-order valence-corrected chi connectivity index (χ0v) is 24.0. The molecule has 1 N–H and O–H groups in total. The van der Waals surface area contributed by atoms with Gasteiger partial charge in [0.2, 0.25) is 11.8 Å². The van der Waals surface area contributed by atoms with Gasteiger partial charge in [-0.25, -0.2) is 4.79 Å². The second-order valence-corrected chi connectivity index (χ2v) is 10.9. The van der Waals surface area contributed by atoms with E-state index in [1.54, 1.807) is 28.9 Å². The predicted molar refractivity (Wildman–Crippen MR) is 159 cm³/mol. The minimum absolute atomic E-state index is 0.109. The van der Waals surface area contributed by atoms with Crippen molar-refractivity contribution in [1.82, 2.24) is 15.1 Å². The van der Waals surface area contributed by atoms with Crippen molar-refractivity contribution < 1.29 is 23.9 Å². The highest BCUT2D eigenvalue weighted by atomic mass is 16.6. The number of nitrogens with zero attached hydrogens (tertiary/aromatic N) is 2. The molecule has 8 nitrogen and oxygen atoms in total. The Morgan fingerprint density at radius 2 is 1.36 bits per heavy atom. The van der Waals surface area contributed by atoms with E-state index in [4.69, 9.17) is 4.74 Å². The minimum atomic E-state index is -0.907. The van der Waals surface area contributed by atoms with Gasteiger partial charge in [-0.3, -0.25) is 14.4 Å². The number of carbonyl (C=O) groups excluding carboxylic acids is 4. The van der Waals surface area contributed by atoms with E-state index in [2.05, 4.69) is 5.32 Å². The van der Waals surface area contributed by atoms with Crippen LogP contribution in [0.4, 0.5) is 4.79 Å². The fourth-order valence-electron chi connectivity index (χ4n) is 6.49. The molecule has 2 fully saturated rings. The van der Waals surface area contributed by atoms with Crippen molar-refractivity contribution in [2.24, 2.45) is 5.92 Å². The van der Waals surface area contributed by atoms with Gasteiger partial charge in [0.25, 0.3) is 0 Å². The number of hydrogen-bond acceptors (Lipinski definition) is 5. The van der Waals surface area contributed by atoms with Gasteiger partial charge in [0.15, 0.2) is 5.78 Å². The molecular formula is C34H37N3O5. The van der Waals surface area contributed by atoms with E-state index >= 15 is 0 Å². The third-order valence-electron chi connectivity index (χ3n) is 8.35. The quantitative estimate of drug-likeness (QED) is 0.407. The lowest BCUT2D eigenvalue weighted by molar-refractivity contribution is -0.139. The van der Waals surface area contributed by atoms with Gasteiger partial charge in [0, 0.05) is 37.5 Å². The predicted octanol–water partition coefficient (Wildman–Crippen LogP) is 4.98. The number of nitrogens with one attached hydrogen (secondary N) is 1. The molecule has 3 aromatic rings. The first-order chi connectivity index (χ1) is 20.4. The number of ether oxygens (including phenoxy) is 1. The minimum Gasteiger partial charge on any atom is -0.450 e. The number of carbonyl (C=O) groups is 4. The maximum absolute atomic E-state index is 14.4. The number of likely N-dealkylation sites (tertiary alicyclic amines) is 2. The van der Waals surface area contributed by atoms with Crippen LogP contribution in [0.5, 0.6) is 0 Å². The van der Waals surface area contributed by atoms with Crippen molar-refractivity contribution in [3.63, 3.8) is 0 Å². The molecule has 3 aromatic carbocycles. The molecule has 0 bridgehead atoms. The van der Waals surface area contributed by atoms with Crippen LogP contribution in [0, 0.1) is 5.92 Å². The molecule has 4 atom stereocenters. The second-order valence-electron chi connectivity index (χ2n) is 10.9. The lowest BCUT2D eigenvalue weighted by Crippen LogP contribution is -2.53. The Morgan fingerprint density at radius 3 is 1.90 bits per heavy atom. The maximum Gasteiger partial charge on any atom is 0.409 e. The Labute approximate surface area is 246 Å². The summed E-state index contributed by atoms with van der Waals surface area (Å²) in [4.78, 5) is 57.6. The molecule has 5 rings (SSSR count). The van der Waals surface area contributed by atoms with Gasteiger partial charge in [0.1, 0.15) is 6.04 Å². The summed E-state index contributed by atoms with van der Waals surface area (Å²) in [5, 5.41) is 3.19. The molecule has 0 radical (unpaired) electrons. The van der Waals surface area contributed by atoms with Crippen LogP contribution in [0.25, 0.3) is 0 Å². The van der Waals surface area contributed by atoms with E-state index in [9.17, 15) is 19.2 Å². The monoisotopic (exact) mass is 567 g/mol. The van der Waals surface area contributed by atoms with Crippen LogP contribution in [0.15, 0.2) is 91.0 Å². The maximum atomic E-state index is 14.4. The summed E-state index contributed by atoms with van der Waals surface area (Å²) in [5.74, 6) is -1.94. The van der Waals surface area contributed by atoms with Crippen LogP contribution in [0.1, 0.15) is 60.1 Å². The lowest BCUT2D eigenvalue weighted by atomic mass is 9.76. The molecule has 3 amide bonds. The first-order valence-electron chi connectivity index (χ1n) is 14.6. The first-order valence-corrected chi connectivity index (χ1v) is 14.6. The summed E-state index contributed by atoms with van der Waals surface area (Å²) >= 11 is 0. The van der Waals surface area contributed by atoms with Crippen LogP contribution in [0.2, 0.25) is 0 Å². The van der Waals surface area contributed by atoms with Gasteiger partial charge in [-0.1, -0.05) is 91.0 Å². The van der Waals surface area contributed by atoms with E-state index in [-0.39, 0.29) is 29.7 Å². The number of ketones is 1. The zero-order chi connectivity index (χ0) is 29.6. The van der Waals surface area contributed by atoms with Gasteiger partial charge in [-0.2, -0.15) is 0 Å². The molecule has 2 heterocycles. The number of rotatable bonds is 7. The largest absolute Gasteiger partial charge is 0.450 e. The summed E-state index contributed by atoms with van der Waals surface area (Å²) in [5.41, 5.74) is 2.18. The average Bonchev–Trinajstić information content (AvgIpc) is 3.39. The fourth-order valence-corrected chi connectivity index (χ4v) is 6.49. The highest BCUT2D eigenvalue weighted by molar-refractivity contribution is 6.01. The van der Waals surface area contributed by atoms with Crippen LogP contribution < -0.4 is 5.32 Å². The Morgan fingerprint density at radius 1 is 0.810 bits per heavy atom. The SMILES string of the molecule is CCOC(=O)N1CCC(NC(=O)C2C(c3ccccc3)C(C(=O)c3ccccc3)C(c3ccccc3)N2C(C)=O)CC1. The number of hydrogen-bond donors (Lipinski definition) is 1. The fraction of sp³-hybridized carbons (Fsp3) is 0.353. The van der Waals surface area contributed by atoms with Crippen molar-refractivity contribution in [3.8, 4) is 0 Å². The Hall–Kier alpha value is -4.46. The molecule has 0 spiro atoms. The summed E-state index contributed by atoms with van der Waals surface area (Å²) < 4.78 is 5.13. The molecular weight excluding hydrogens is 530 g/mol. The van der Waals surface area contributed by atoms with Crippen molar-refractivity contribution in [2.45, 2.75) is 50.7 Å². The van der Waals surface area contributed by atoms with E-state index in [1.807, 2.05) is 78.9 Å². The Kier molecular flexibility index (Phi) is 9.00. The van der Waals surface area contributed by atoms with E-state index < -0.39 is 23.9 Å². The van der Waals surface area contributed by atoms with Crippen molar-refractivity contribution in [1.29, 1.82) is 0 Å². The van der Waals surface area contributed by atoms with Crippen molar-refractivity contribution in [3.05, 3.63) is 108 Å². The second kappa shape index (κ2) is 13.0. The first kappa shape index (κ1) is 29.0. The summed E-state index contributed by atoms with van der Waals surface area (Å²) in [6.07, 6.45) is 0.793. The topological polar surface area (TPSA) is 96.0 Å². The third-order valence-corrected chi connectivity index (χ3v) is 8.35. The van der Waals surface area contributed by atoms with Crippen LogP contribution in [-0.2, 0) is 14.3 Å². The summed E-state index contributed by atoms with van der Waals surface area (Å²) in [6, 6.07) is 26.4. The number of Topliss-reactive ketones (excluding diaryl/α,β-unsaturated/α-hetero) is 1. The molecule has 4 unspecified atom stereocenters. The normalized spacial score (nSPS) is 22.4. The summed E-state index contributed by atoms with van der Waals surface area (Å²) in [6.45, 7) is 4.48. The lowest BCUT2D eigenvalue weighted by Gasteiger charge is -2.34. The van der Waals surface area contributed by atoms with Crippen LogP contribution in [-0.4, -0.2) is 65.3 Å². The van der Waals surface area contributed by atoms with Crippen LogP contribution >= 0.6 is 0 Å². The van der Waals surface area contributed by atoms with Gasteiger partial charge < -0.3 is 19.9 Å². The van der Waals surface area contributed by atoms with Crippen molar-refractivity contribution in [2.75, 3.05) is 19.7 Å². The summed E-state index contributed by atoms with van der Waals surface area (Å²) in [7, 11) is 0. The van der Waals surface area contributed by atoms with E-state index in [0.29, 0.717) is 38.1 Å². The smallest absolute Gasteiger partial charge is 0.409 e. The molecule has 0 aromatic heterocycles. The highest BCUT2D eigenvalue weighted by Gasteiger charge is 2.56. The molecule has 42 heavy (non-hydrogen) atoms. The third kappa shape index (κ3) is 5.93. The molecule has 218 valence electrons. The molecule has 0 saturated carbocycles. The van der Waals surface area contributed by atoms with Gasteiger partial charge in [-0.15, -0.1) is 0 Å². The van der Waals surface area contributed by atoms with Crippen molar-refractivity contribution >= 4 is 23.7 Å². The Bertz CT molecular complexity index is 1390. The number of piperidine rings is 1. The highest BCUT2D eigenvalue weighted by Crippen LogP contribution is 2.51.